The average Bonchev–Trinajstić information content (AvgIpc) is 2.94. The molecule has 0 aliphatic rings. The van der Waals surface area contributed by atoms with E-state index in [-0.39, 0.29) is 6.61 Å². The van der Waals surface area contributed by atoms with Crippen LogP contribution in [0.3, 0.4) is 0 Å². The van der Waals surface area contributed by atoms with Gasteiger partial charge in [0.2, 0.25) is 0 Å². The SMILES string of the molecule is COC(=O)c1cc(NCc2cn(CCO)nn2)ccc1Cl. The second-order valence-corrected chi connectivity index (χ2v) is 4.64. The minimum absolute atomic E-state index is 0.00982. The molecule has 2 rings (SSSR count). The van der Waals surface area contributed by atoms with Crippen molar-refractivity contribution in [3.8, 4) is 0 Å². The van der Waals surface area contributed by atoms with Crippen LogP contribution < -0.4 is 5.32 Å². The maximum absolute atomic E-state index is 11.6. The summed E-state index contributed by atoms with van der Waals surface area (Å²) in [5.74, 6) is -0.488. The van der Waals surface area contributed by atoms with Gasteiger partial charge in [-0.3, -0.25) is 0 Å². The van der Waals surface area contributed by atoms with Crippen LogP contribution in [0.4, 0.5) is 5.69 Å². The molecule has 0 bridgehead atoms. The molecule has 0 atom stereocenters. The highest BCUT2D eigenvalue weighted by Crippen LogP contribution is 2.21. The number of carbonyl (C=O) groups excluding carboxylic acids is 1. The van der Waals surface area contributed by atoms with Crippen LogP contribution in [-0.4, -0.2) is 39.8 Å². The van der Waals surface area contributed by atoms with E-state index in [1.807, 2.05) is 0 Å². The summed E-state index contributed by atoms with van der Waals surface area (Å²) in [5.41, 5.74) is 1.74. The summed E-state index contributed by atoms with van der Waals surface area (Å²) in [5, 5.41) is 20.1. The zero-order chi connectivity index (χ0) is 15.2. The molecule has 1 aromatic carbocycles. The third-order valence-electron chi connectivity index (χ3n) is 2.76. The number of esters is 1. The smallest absolute Gasteiger partial charge is 0.339 e. The first-order chi connectivity index (χ1) is 10.1. The van der Waals surface area contributed by atoms with E-state index in [4.69, 9.17) is 16.7 Å². The Morgan fingerprint density at radius 3 is 3.05 bits per heavy atom. The zero-order valence-electron chi connectivity index (χ0n) is 11.4. The molecule has 1 aromatic heterocycles. The molecule has 0 saturated heterocycles. The van der Waals surface area contributed by atoms with Crippen LogP contribution in [0.5, 0.6) is 0 Å². The summed E-state index contributed by atoms with van der Waals surface area (Å²) in [6.07, 6.45) is 1.74. The molecule has 0 spiro atoms. The lowest BCUT2D eigenvalue weighted by molar-refractivity contribution is 0.0601. The van der Waals surface area contributed by atoms with Gasteiger partial charge in [-0.05, 0) is 18.2 Å². The maximum atomic E-state index is 11.6. The molecule has 0 unspecified atom stereocenters. The Labute approximate surface area is 126 Å². The minimum Gasteiger partial charge on any atom is -0.465 e. The molecule has 0 aliphatic heterocycles. The number of aliphatic hydroxyl groups is 1. The fraction of sp³-hybridized carbons (Fsp3) is 0.308. The van der Waals surface area contributed by atoms with E-state index in [1.165, 1.54) is 7.11 Å². The molecule has 0 amide bonds. The van der Waals surface area contributed by atoms with Gasteiger partial charge < -0.3 is 15.2 Å². The Hall–Kier alpha value is -2.12. The van der Waals surface area contributed by atoms with Crippen molar-refractivity contribution in [1.29, 1.82) is 0 Å². The Balaban J connectivity index is 2.04. The lowest BCUT2D eigenvalue weighted by Gasteiger charge is -2.07. The van der Waals surface area contributed by atoms with Crippen LogP contribution in [0.25, 0.3) is 0 Å². The zero-order valence-corrected chi connectivity index (χ0v) is 12.2. The van der Waals surface area contributed by atoms with Crippen LogP contribution >= 0.6 is 11.6 Å². The van der Waals surface area contributed by atoms with Crippen molar-refractivity contribution in [2.75, 3.05) is 19.0 Å². The van der Waals surface area contributed by atoms with Gasteiger partial charge in [-0.2, -0.15) is 0 Å². The van der Waals surface area contributed by atoms with Crippen molar-refractivity contribution in [3.05, 3.63) is 40.7 Å². The number of nitrogens with one attached hydrogen (secondary N) is 1. The molecule has 8 heteroatoms. The molecule has 0 radical (unpaired) electrons. The van der Waals surface area contributed by atoms with Crippen LogP contribution in [0.2, 0.25) is 5.02 Å². The van der Waals surface area contributed by atoms with E-state index in [0.717, 1.165) is 11.4 Å². The Bertz CT molecular complexity index is 630. The lowest BCUT2D eigenvalue weighted by atomic mass is 10.2. The van der Waals surface area contributed by atoms with Crippen LogP contribution in [0, 0.1) is 0 Å². The number of methoxy groups -OCH3 is 1. The number of anilines is 1. The number of benzene rings is 1. The second-order valence-electron chi connectivity index (χ2n) is 4.24. The predicted octanol–water partition coefficient (Wildman–Crippen LogP) is 1.32. The summed E-state index contributed by atoms with van der Waals surface area (Å²) in [4.78, 5) is 11.6. The monoisotopic (exact) mass is 310 g/mol. The topological polar surface area (TPSA) is 89.3 Å². The Morgan fingerprint density at radius 2 is 2.33 bits per heavy atom. The predicted molar refractivity (Wildman–Crippen MR) is 77.2 cm³/mol. The number of halogens is 1. The summed E-state index contributed by atoms with van der Waals surface area (Å²) < 4.78 is 6.22. The molecule has 2 aromatic rings. The molecular weight excluding hydrogens is 296 g/mol. The Morgan fingerprint density at radius 1 is 1.52 bits per heavy atom. The number of rotatable bonds is 6. The quantitative estimate of drug-likeness (QED) is 0.782. The molecule has 112 valence electrons. The van der Waals surface area contributed by atoms with E-state index < -0.39 is 5.97 Å². The number of nitrogens with zero attached hydrogens (tertiary/aromatic N) is 3. The highest BCUT2D eigenvalue weighted by molar-refractivity contribution is 6.33. The molecule has 0 saturated carbocycles. The van der Waals surface area contributed by atoms with Gasteiger partial charge in [-0.1, -0.05) is 16.8 Å². The first-order valence-corrected chi connectivity index (χ1v) is 6.63. The summed E-state index contributed by atoms with van der Waals surface area (Å²) in [7, 11) is 1.30. The van der Waals surface area contributed by atoms with E-state index >= 15 is 0 Å². The molecular formula is C13H15ClN4O3. The first-order valence-electron chi connectivity index (χ1n) is 6.25. The number of aromatic nitrogens is 3. The highest BCUT2D eigenvalue weighted by atomic mass is 35.5. The number of carbonyl (C=O) groups is 1. The van der Waals surface area contributed by atoms with Crippen molar-refractivity contribution in [1.82, 2.24) is 15.0 Å². The number of hydrogen-bond acceptors (Lipinski definition) is 6. The maximum Gasteiger partial charge on any atom is 0.339 e. The average molecular weight is 311 g/mol. The van der Waals surface area contributed by atoms with Gasteiger partial charge in [0.15, 0.2) is 0 Å². The standard InChI is InChI=1S/C13H15ClN4O3/c1-21-13(20)11-6-9(2-3-12(11)14)15-7-10-8-18(4-5-19)17-16-10/h2-3,6,8,15,19H,4-5,7H2,1H3. The van der Waals surface area contributed by atoms with E-state index in [0.29, 0.717) is 23.7 Å². The summed E-state index contributed by atoms with van der Waals surface area (Å²) in [6, 6.07) is 5.00. The molecule has 1 heterocycles. The number of ether oxygens (including phenoxy) is 1. The van der Waals surface area contributed by atoms with Gasteiger partial charge in [-0.25, -0.2) is 9.48 Å². The molecule has 2 N–H and O–H groups in total. The minimum atomic E-state index is -0.488. The Kier molecular flexibility index (Phi) is 5.13. The molecule has 7 nitrogen and oxygen atoms in total. The summed E-state index contributed by atoms with van der Waals surface area (Å²) in [6.45, 7) is 0.851. The van der Waals surface area contributed by atoms with Crippen molar-refractivity contribution < 1.29 is 14.6 Å². The molecule has 21 heavy (non-hydrogen) atoms. The van der Waals surface area contributed by atoms with Crippen molar-refractivity contribution in [2.24, 2.45) is 0 Å². The van der Waals surface area contributed by atoms with E-state index in [2.05, 4.69) is 20.4 Å². The highest BCUT2D eigenvalue weighted by Gasteiger charge is 2.11. The molecule has 0 aliphatic carbocycles. The number of aliphatic hydroxyl groups excluding tert-OH is 1. The van der Waals surface area contributed by atoms with Crippen molar-refractivity contribution in [3.63, 3.8) is 0 Å². The van der Waals surface area contributed by atoms with Gasteiger partial charge in [0.25, 0.3) is 0 Å². The third kappa shape index (κ3) is 3.93. The first kappa shape index (κ1) is 15.3. The van der Waals surface area contributed by atoms with Gasteiger partial charge >= 0.3 is 5.97 Å². The van der Waals surface area contributed by atoms with Crippen LogP contribution in [-0.2, 0) is 17.8 Å². The fourth-order valence-electron chi connectivity index (χ4n) is 1.73. The fourth-order valence-corrected chi connectivity index (χ4v) is 1.92. The van der Waals surface area contributed by atoms with Gasteiger partial charge in [0, 0.05) is 5.69 Å². The second kappa shape index (κ2) is 7.05. The van der Waals surface area contributed by atoms with Crippen LogP contribution in [0.15, 0.2) is 24.4 Å². The van der Waals surface area contributed by atoms with Gasteiger partial charge in [-0.15, -0.1) is 5.10 Å². The van der Waals surface area contributed by atoms with Gasteiger partial charge in [0.1, 0.15) is 5.69 Å². The van der Waals surface area contributed by atoms with Crippen molar-refractivity contribution in [2.45, 2.75) is 13.1 Å². The third-order valence-corrected chi connectivity index (χ3v) is 3.09. The molecule has 0 fully saturated rings. The summed E-state index contributed by atoms with van der Waals surface area (Å²) >= 11 is 5.95. The van der Waals surface area contributed by atoms with E-state index in [1.54, 1.807) is 29.1 Å². The van der Waals surface area contributed by atoms with Crippen molar-refractivity contribution >= 4 is 23.3 Å². The number of hydrogen-bond donors (Lipinski definition) is 2. The van der Waals surface area contributed by atoms with Crippen LogP contribution in [0.1, 0.15) is 16.1 Å². The lowest BCUT2D eigenvalue weighted by Crippen LogP contribution is -2.05. The largest absolute Gasteiger partial charge is 0.465 e. The van der Waals surface area contributed by atoms with E-state index in [9.17, 15) is 4.79 Å². The van der Waals surface area contributed by atoms with Gasteiger partial charge in [0.05, 0.1) is 43.6 Å². The normalized spacial score (nSPS) is 10.4.